The Morgan fingerprint density at radius 1 is 1.25 bits per heavy atom. The van der Waals surface area contributed by atoms with Crippen LogP contribution < -0.4 is 5.32 Å². The maximum absolute atomic E-state index is 12.3. The van der Waals surface area contributed by atoms with Crippen LogP contribution in [0.4, 0.5) is 5.69 Å². The zero-order valence-corrected chi connectivity index (χ0v) is 13.1. The maximum Gasteiger partial charge on any atom is 0.255 e. The van der Waals surface area contributed by atoms with Crippen molar-refractivity contribution in [2.45, 2.75) is 6.92 Å². The van der Waals surface area contributed by atoms with E-state index < -0.39 is 0 Å². The minimum atomic E-state index is -0.121. The normalized spacial score (nSPS) is 10.7. The van der Waals surface area contributed by atoms with E-state index in [0.717, 1.165) is 25.9 Å². The first-order valence-corrected chi connectivity index (χ1v) is 7.71. The number of carbonyl (C=O) groups excluding carboxylic acids is 1. The lowest BCUT2D eigenvalue weighted by Gasteiger charge is -2.08. The van der Waals surface area contributed by atoms with Crippen LogP contribution in [0.1, 0.15) is 15.9 Å². The molecule has 0 aliphatic rings. The average molecular weight is 347 g/mol. The topological polar surface area (TPSA) is 42.0 Å². The minimum Gasteiger partial charge on any atom is -0.321 e. The summed E-state index contributed by atoms with van der Waals surface area (Å²) in [7, 11) is 0. The van der Waals surface area contributed by atoms with Crippen molar-refractivity contribution in [1.29, 1.82) is 0 Å². The van der Waals surface area contributed by atoms with Gasteiger partial charge in [-0.25, -0.2) is 4.98 Å². The van der Waals surface area contributed by atoms with Gasteiger partial charge in [-0.3, -0.25) is 4.79 Å². The molecule has 0 fully saturated rings. The number of amides is 1. The van der Waals surface area contributed by atoms with Gasteiger partial charge in [0.15, 0.2) is 0 Å². The molecule has 100 valence electrons. The Hall–Kier alpha value is -1.72. The number of nitrogens with zero attached hydrogens (tertiary/aromatic N) is 1. The quantitative estimate of drug-likeness (QED) is 0.735. The summed E-state index contributed by atoms with van der Waals surface area (Å²) in [5.41, 5.74) is 5.24. The van der Waals surface area contributed by atoms with Gasteiger partial charge in [-0.05, 0) is 58.7 Å². The molecule has 1 aromatic heterocycles. The molecular formula is C15H11BrN2OS. The van der Waals surface area contributed by atoms with Crippen molar-refractivity contribution in [1.82, 2.24) is 4.98 Å². The van der Waals surface area contributed by atoms with Crippen LogP contribution in [-0.4, -0.2) is 10.9 Å². The third-order valence-corrected chi connectivity index (χ3v) is 4.41. The molecule has 3 rings (SSSR count). The van der Waals surface area contributed by atoms with Crippen LogP contribution in [0.3, 0.4) is 0 Å². The van der Waals surface area contributed by atoms with Crippen LogP contribution in [0.5, 0.6) is 0 Å². The van der Waals surface area contributed by atoms with E-state index in [9.17, 15) is 4.79 Å². The molecule has 0 bridgehead atoms. The number of hydrogen-bond acceptors (Lipinski definition) is 3. The number of fused-ring (bicyclic) bond motifs is 1. The van der Waals surface area contributed by atoms with Gasteiger partial charge in [0, 0.05) is 10.0 Å². The van der Waals surface area contributed by atoms with Crippen LogP contribution in [-0.2, 0) is 0 Å². The van der Waals surface area contributed by atoms with Crippen LogP contribution in [0.2, 0.25) is 0 Å². The number of nitrogens with one attached hydrogen (secondary N) is 1. The van der Waals surface area contributed by atoms with Crippen LogP contribution in [0.25, 0.3) is 10.2 Å². The molecule has 1 amide bonds. The van der Waals surface area contributed by atoms with Crippen LogP contribution >= 0.6 is 27.3 Å². The number of rotatable bonds is 2. The fourth-order valence-electron chi connectivity index (χ4n) is 1.91. The number of anilines is 1. The number of aryl methyl sites for hydroxylation is 1. The number of aromatic nitrogens is 1. The second-order valence-corrected chi connectivity index (χ2v) is 6.21. The Bertz CT molecular complexity index is 797. The number of carbonyl (C=O) groups is 1. The van der Waals surface area contributed by atoms with Gasteiger partial charge in [0.1, 0.15) is 0 Å². The van der Waals surface area contributed by atoms with E-state index >= 15 is 0 Å². The van der Waals surface area contributed by atoms with Gasteiger partial charge in [-0.2, -0.15) is 0 Å². The Morgan fingerprint density at radius 2 is 2.10 bits per heavy atom. The summed E-state index contributed by atoms with van der Waals surface area (Å²) in [4.78, 5) is 16.5. The summed E-state index contributed by atoms with van der Waals surface area (Å²) < 4.78 is 1.89. The number of hydrogen-bond donors (Lipinski definition) is 1. The molecule has 0 aliphatic carbocycles. The summed E-state index contributed by atoms with van der Waals surface area (Å²) >= 11 is 4.99. The third-order valence-electron chi connectivity index (χ3n) is 2.97. The molecule has 0 atom stereocenters. The molecule has 3 nitrogen and oxygen atoms in total. The average Bonchev–Trinajstić information content (AvgIpc) is 2.89. The highest BCUT2D eigenvalue weighted by Crippen LogP contribution is 2.25. The molecule has 0 saturated heterocycles. The van der Waals surface area contributed by atoms with Crippen molar-refractivity contribution in [2.24, 2.45) is 0 Å². The van der Waals surface area contributed by atoms with E-state index in [4.69, 9.17) is 0 Å². The molecule has 0 radical (unpaired) electrons. The monoisotopic (exact) mass is 346 g/mol. The Kier molecular flexibility index (Phi) is 3.54. The predicted octanol–water partition coefficient (Wildman–Crippen LogP) is 4.62. The highest BCUT2D eigenvalue weighted by atomic mass is 79.9. The second-order valence-electron chi connectivity index (χ2n) is 4.47. The maximum atomic E-state index is 12.3. The molecule has 1 heterocycles. The molecule has 20 heavy (non-hydrogen) atoms. The summed E-state index contributed by atoms with van der Waals surface area (Å²) in [6.07, 6.45) is 0. The summed E-state index contributed by atoms with van der Waals surface area (Å²) in [5.74, 6) is -0.121. The van der Waals surface area contributed by atoms with Crippen molar-refractivity contribution in [3.05, 3.63) is 57.5 Å². The molecule has 1 N–H and O–H groups in total. The number of thiazole rings is 1. The van der Waals surface area contributed by atoms with Gasteiger partial charge in [-0.1, -0.05) is 6.07 Å². The molecule has 0 unspecified atom stereocenters. The Balaban J connectivity index is 1.88. The fourth-order valence-corrected chi connectivity index (χ4v) is 3.22. The van der Waals surface area contributed by atoms with Crippen molar-refractivity contribution in [2.75, 3.05) is 5.32 Å². The Labute approximate surface area is 128 Å². The lowest BCUT2D eigenvalue weighted by Crippen LogP contribution is -2.12. The van der Waals surface area contributed by atoms with Gasteiger partial charge < -0.3 is 5.32 Å². The van der Waals surface area contributed by atoms with Gasteiger partial charge in [0.2, 0.25) is 0 Å². The first kappa shape index (κ1) is 13.3. The molecule has 0 spiro atoms. The first-order valence-electron chi connectivity index (χ1n) is 6.04. The highest BCUT2D eigenvalue weighted by molar-refractivity contribution is 9.10. The minimum absolute atomic E-state index is 0.121. The van der Waals surface area contributed by atoms with E-state index in [1.807, 2.05) is 37.3 Å². The molecule has 0 aliphatic heterocycles. The smallest absolute Gasteiger partial charge is 0.255 e. The summed E-state index contributed by atoms with van der Waals surface area (Å²) in [6, 6.07) is 11.4. The first-order chi connectivity index (χ1) is 9.63. The summed E-state index contributed by atoms with van der Waals surface area (Å²) in [6.45, 7) is 2.01. The lowest BCUT2D eigenvalue weighted by atomic mass is 10.2. The molecule has 2 aromatic carbocycles. The number of benzene rings is 2. The van der Waals surface area contributed by atoms with E-state index in [-0.39, 0.29) is 5.91 Å². The van der Waals surface area contributed by atoms with Crippen molar-refractivity contribution >= 4 is 49.1 Å². The van der Waals surface area contributed by atoms with E-state index in [2.05, 4.69) is 26.2 Å². The zero-order chi connectivity index (χ0) is 14.1. The van der Waals surface area contributed by atoms with Crippen molar-refractivity contribution in [3.8, 4) is 0 Å². The van der Waals surface area contributed by atoms with Gasteiger partial charge in [-0.15, -0.1) is 11.3 Å². The van der Waals surface area contributed by atoms with Gasteiger partial charge in [0.25, 0.3) is 5.91 Å². The van der Waals surface area contributed by atoms with Crippen molar-refractivity contribution in [3.63, 3.8) is 0 Å². The second kappa shape index (κ2) is 5.34. The number of halogens is 1. The highest BCUT2D eigenvalue weighted by Gasteiger charge is 2.09. The van der Waals surface area contributed by atoms with Crippen molar-refractivity contribution < 1.29 is 4.79 Å². The Morgan fingerprint density at radius 3 is 2.90 bits per heavy atom. The van der Waals surface area contributed by atoms with E-state index in [1.165, 1.54) is 11.3 Å². The standard InChI is InChI=1S/C15H11BrN2OS/c1-9-2-4-12(11(16)6-9)18-15(19)10-3-5-13-14(7-10)20-8-17-13/h2-8H,1H3,(H,18,19). The SMILES string of the molecule is Cc1ccc(NC(=O)c2ccc3ncsc3c2)c(Br)c1. The largest absolute Gasteiger partial charge is 0.321 e. The molecule has 0 saturated carbocycles. The van der Waals surface area contributed by atoms with E-state index in [1.54, 1.807) is 11.6 Å². The van der Waals surface area contributed by atoms with E-state index in [0.29, 0.717) is 5.56 Å². The van der Waals surface area contributed by atoms with Crippen LogP contribution in [0.15, 0.2) is 46.4 Å². The molecular weight excluding hydrogens is 336 g/mol. The molecule has 5 heteroatoms. The fraction of sp³-hybridized carbons (Fsp3) is 0.0667. The third kappa shape index (κ3) is 2.59. The predicted molar refractivity (Wildman–Crippen MR) is 86.5 cm³/mol. The molecule has 3 aromatic rings. The zero-order valence-electron chi connectivity index (χ0n) is 10.7. The van der Waals surface area contributed by atoms with Gasteiger partial charge >= 0.3 is 0 Å². The lowest BCUT2D eigenvalue weighted by molar-refractivity contribution is 0.102. The summed E-state index contributed by atoms with van der Waals surface area (Å²) in [5, 5.41) is 2.91. The van der Waals surface area contributed by atoms with Gasteiger partial charge in [0.05, 0.1) is 21.4 Å². The van der Waals surface area contributed by atoms with Crippen LogP contribution in [0, 0.1) is 6.92 Å².